The molecule has 0 amide bonds. The zero-order valence-electron chi connectivity index (χ0n) is 15.6. The number of nitriles is 1. The third kappa shape index (κ3) is 4.90. The largest absolute Gasteiger partial charge is 0.423 e. The quantitative estimate of drug-likeness (QED) is 0.438. The summed E-state index contributed by atoms with van der Waals surface area (Å²) in [4.78, 5) is 12.4. The monoisotopic (exact) mass is 381 g/mol. The van der Waals surface area contributed by atoms with Crippen LogP contribution >= 0.6 is 11.6 Å². The highest BCUT2D eigenvalue weighted by Gasteiger charge is 2.22. The number of rotatable bonds is 5. The fourth-order valence-corrected chi connectivity index (χ4v) is 4.11. The summed E-state index contributed by atoms with van der Waals surface area (Å²) in [5.74, 6) is 1.40. The van der Waals surface area contributed by atoms with Gasteiger partial charge in [0.15, 0.2) is 0 Å². The van der Waals surface area contributed by atoms with E-state index in [1.807, 2.05) is 30.3 Å². The van der Waals surface area contributed by atoms with Crippen LogP contribution in [0.25, 0.3) is 0 Å². The van der Waals surface area contributed by atoms with Crippen molar-refractivity contribution in [3.05, 3.63) is 64.2 Å². The van der Waals surface area contributed by atoms with Crippen LogP contribution < -0.4 is 4.74 Å². The molecule has 0 atom stereocenters. The van der Waals surface area contributed by atoms with Crippen molar-refractivity contribution in [1.82, 2.24) is 0 Å². The molecule has 1 fully saturated rings. The first-order chi connectivity index (χ1) is 13.1. The molecule has 0 saturated heterocycles. The molecule has 2 aromatic rings. The van der Waals surface area contributed by atoms with Crippen molar-refractivity contribution in [2.75, 3.05) is 0 Å². The minimum atomic E-state index is -0.422. The highest BCUT2D eigenvalue weighted by Crippen LogP contribution is 2.37. The third-order valence-corrected chi connectivity index (χ3v) is 5.75. The zero-order valence-corrected chi connectivity index (χ0v) is 16.3. The number of esters is 1. The van der Waals surface area contributed by atoms with E-state index < -0.39 is 5.97 Å². The minimum Gasteiger partial charge on any atom is -0.423 e. The standard InChI is InChI=1S/C23H24ClNO2/c1-2-3-16-4-6-17(7-5-16)18-8-10-19(11-9-18)23(26)27-21-13-12-20(15-25)22(24)14-21/h8-14,16-17H,2-7H2,1H3/t16-,17-. The number of carbonyl (C=O) groups excluding carboxylic acids is 1. The van der Waals surface area contributed by atoms with Crippen LogP contribution in [0.2, 0.25) is 5.02 Å². The molecule has 1 saturated carbocycles. The molecule has 1 aliphatic rings. The predicted molar refractivity (Wildman–Crippen MR) is 107 cm³/mol. The highest BCUT2D eigenvalue weighted by molar-refractivity contribution is 6.31. The first kappa shape index (κ1) is 19.5. The van der Waals surface area contributed by atoms with Gasteiger partial charge in [0.1, 0.15) is 11.8 Å². The van der Waals surface area contributed by atoms with Crippen molar-refractivity contribution in [1.29, 1.82) is 5.26 Å². The maximum absolute atomic E-state index is 12.4. The average molecular weight is 382 g/mol. The Morgan fingerprint density at radius 2 is 1.85 bits per heavy atom. The van der Waals surface area contributed by atoms with Gasteiger partial charge in [0.2, 0.25) is 0 Å². The molecule has 140 valence electrons. The van der Waals surface area contributed by atoms with Gasteiger partial charge in [0.25, 0.3) is 0 Å². The zero-order chi connectivity index (χ0) is 19.2. The number of nitrogens with zero attached hydrogens (tertiary/aromatic N) is 1. The van der Waals surface area contributed by atoms with Gasteiger partial charge < -0.3 is 4.74 Å². The average Bonchev–Trinajstić information content (AvgIpc) is 2.69. The van der Waals surface area contributed by atoms with Crippen molar-refractivity contribution < 1.29 is 9.53 Å². The van der Waals surface area contributed by atoms with Gasteiger partial charge in [0, 0.05) is 6.07 Å². The van der Waals surface area contributed by atoms with Crippen LogP contribution in [0, 0.1) is 17.2 Å². The van der Waals surface area contributed by atoms with Crippen LogP contribution in [0.1, 0.15) is 72.9 Å². The predicted octanol–water partition coefficient (Wildman–Crippen LogP) is 6.50. The molecule has 0 heterocycles. The van der Waals surface area contributed by atoms with Crippen LogP contribution in [0.3, 0.4) is 0 Å². The second-order valence-electron chi connectivity index (χ2n) is 7.27. The maximum atomic E-state index is 12.4. The van der Waals surface area contributed by atoms with E-state index in [-0.39, 0.29) is 5.02 Å². The van der Waals surface area contributed by atoms with Crippen molar-refractivity contribution in [3.8, 4) is 11.8 Å². The molecule has 0 bridgehead atoms. The smallest absolute Gasteiger partial charge is 0.343 e. The lowest BCUT2D eigenvalue weighted by Gasteiger charge is -2.28. The Bertz CT molecular complexity index is 830. The van der Waals surface area contributed by atoms with E-state index in [1.165, 1.54) is 50.2 Å². The summed E-state index contributed by atoms with van der Waals surface area (Å²) in [6.07, 6.45) is 7.70. The van der Waals surface area contributed by atoms with Gasteiger partial charge in [-0.05, 0) is 67.3 Å². The van der Waals surface area contributed by atoms with Crippen LogP contribution in [0.4, 0.5) is 0 Å². The molecule has 2 aromatic carbocycles. The van der Waals surface area contributed by atoms with Gasteiger partial charge in [-0.3, -0.25) is 0 Å². The second-order valence-corrected chi connectivity index (χ2v) is 7.68. The van der Waals surface area contributed by atoms with Crippen molar-refractivity contribution >= 4 is 17.6 Å². The Balaban J connectivity index is 1.61. The fraction of sp³-hybridized carbons (Fsp3) is 0.391. The van der Waals surface area contributed by atoms with E-state index in [0.29, 0.717) is 22.8 Å². The lowest BCUT2D eigenvalue weighted by molar-refractivity contribution is 0.0735. The van der Waals surface area contributed by atoms with E-state index in [1.54, 1.807) is 12.1 Å². The number of hydrogen-bond acceptors (Lipinski definition) is 3. The Morgan fingerprint density at radius 1 is 1.15 bits per heavy atom. The number of ether oxygens (including phenoxy) is 1. The molecule has 4 heteroatoms. The van der Waals surface area contributed by atoms with Gasteiger partial charge in [-0.15, -0.1) is 0 Å². The maximum Gasteiger partial charge on any atom is 0.343 e. The van der Waals surface area contributed by atoms with Gasteiger partial charge >= 0.3 is 5.97 Å². The summed E-state index contributed by atoms with van der Waals surface area (Å²) in [6.45, 7) is 2.26. The lowest BCUT2D eigenvalue weighted by atomic mass is 9.77. The molecule has 0 radical (unpaired) electrons. The van der Waals surface area contributed by atoms with Crippen LogP contribution in [0.15, 0.2) is 42.5 Å². The second kappa shape index (κ2) is 9.06. The molecule has 27 heavy (non-hydrogen) atoms. The summed E-state index contributed by atoms with van der Waals surface area (Å²) >= 11 is 5.98. The first-order valence-electron chi connectivity index (χ1n) is 9.62. The summed E-state index contributed by atoms with van der Waals surface area (Å²) in [5, 5.41) is 9.18. The SMILES string of the molecule is CCC[C@H]1CC[C@H](c2ccc(C(=O)Oc3ccc(C#N)c(Cl)c3)cc2)CC1. The molecule has 0 unspecified atom stereocenters. The van der Waals surface area contributed by atoms with Crippen LogP contribution in [-0.2, 0) is 0 Å². The Morgan fingerprint density at radius 3 is 2.44 bits per heavy atom. The van der Waals surface area contributed by atoms with E-state index in [2.05, 4.69) is 6.92 Å². The molecular weight excluding hydrogens is 358 g/mol. The van der Waals surface area contributed by atoms with Crippen LogP contribution in [-0.4, -0.2) is 5.97 Å². The van der Waals surface area contributed by atoms with Crippen molar-refractivity contribution in [3.63, 3.8) is 0 Å². The third-order valence-electron chi connectivity index (χ3n) is 5.43. The number of hydrogen-bond donors (Lipinski definition) is 0. The van der Waals surface area contributed by atoms with E-state index in [4.69, 9.17) is 21.6 Å². The Labute approximate surface area is 165 Å². The molecule has 0 aliphatic heterocycles. The van der Waals surface area contributed by atoms with Gasteiger partial charge in [0.05, 0.1) is 16.1 Å². The number of carbonyl (C=O) groups is 1. The van der Waals surface area contributed by atoms with Gasteiger partial charge in [-0.1, -0.05) is 43.5 Å². The number of benzene rings is 2. The molecule has 1 aliphatic carbocycles. The molecule has 0 N–H and O–H groups in total. The highest BCUT2D eigenvalue weighted by atomic mass is 35.5. The topological polar surface area (TPSA) is 50.1 Å². The molecular formula is C23H24ClNO2. The van der Waals surface area contributed by atoms with Crippen molar-refractivity contribution in [2.45, 2.75) is 51.4 Å². The van der Waals surface area contributed by atoms with Gasteiger partial charge in [-0.2, -0.15) is 5.26 Å². The summed E-state index contributed by atoms with van der Waals surface area (Å²) in [6, 6.07) is 14.4. The minimum absolute atomic E-state index is 0.275. The summed E-state index contributed by atoms with van der Waals surface area (Å²) in [5.41, 5.74) is 2.18. The summed E-state index contributed by atoms with van der Waals surface area (Å²) in [7, 11) is 0. The Kier molecular flexibility index (Phi) is 6.53. The van der Waals surface area contributed by atoms with E-state index >= 15 is 0 Å². The fourth-order valence-electron chi connectivity index (χ4n) is 3.90. The van der Waals surface area contributed by atoms with E-state index in [0.717, 1.165) is 5.92 Å². The van der Waals surface area contributed by atoms with Crippen LogP contribution in [0.5, 0.6) is 5.75 Å². The Hall–Kier alpha value is -2.31. The first-order valence-corrected chi connectivity index (χ1v) is 10.00. The van der Waals surface area contributed by atoms with Crippen molar-refractivity contribution in [2.24, 2.45) is 5.92 Å². The molecule has 3 nitrogen and oxygen atoms in total. The summed E-state index contributed by atoms with van der Waals surface area (Å²) < 4.78 is 5.37. The van der Waals surface area contributed by atoms with Gasteiger partial charge in [-0.25, -0.2) is 4.79 Å². The lowest BCUT2D eigenvalue weighted by Crippen LogP contribution is -2.13. The van der Waals surface area contributed by atoms with E-state index in [9.17, 15) is 4.79 Å². The number of halogens is 1. The molecule has 3 rings (SSSR count). The molecule has 0 spiro atoms. The normalized spacial score (nSPS) is 19.3. The molecule has 0 aromatic heterocycles.